The van der Waals surface area contributed by atoms with Crippen molar-refractivity contribution in [3.8, 4) is 0 Å². The lowest BCUT2D eigenvalue weighted by molar-refractivity contribution is 0.533. The first-order valence-corrected chi connectivity index (χ1v) is 6.95. The topological polar surface area (TPSA) is 50.9 Å². The van der Waals surface area contributed by atoms with Crippen molar-refractivity contribution in [1.29, 1.82) is 0 Å². The summed E-state index contributed by atoms with van der Waals surface area (Å²) in [7, 11) is 0. The molecular weight excluding hydrogens is 218 g/mol. The summed E-state index contributed by atoms with van der Waals surface area (Å²) in [6, 6.07) is 0.704. The van der Waals surface area contributed by atoms with E-state index in [4.69, 9.17) is 5.73 Å². The van der Waals surface area contributed by atoms with Crippen molar-refractivity contribution in [2.75, 3.05) is 12.3 Å². The lowest BCUT2D eigenvalue weighted by Gasteiger charge is -2.08. The summed E-state index contributed by atoms with van der Waals surface area (Å²) in [6.45, 7) is 9.84. The Hall–Kier alpha value is -0.610. The summed E-state index contributed by atoms with van der Waals surface area (Å²) in [4.78, 5) is 4.03. The lowest BCUT2D eigenvalue weighted by atomic mass is 10.2. The Balaban J connectivity index is 0.000000281. The fraction of sp³-hybridized carbons (Fsp3) is 0.750. The van der Waals surface area contributed by atoms with Crippen LogP contribution in [0.4, 0.5) is 5.13 Å². The number of hydrogen-bond acceptors (Lipinski definition) is 4. The van der Waals surface area contributed by atoms with Crippen LogP contribution in [0.5, 0.6) is 0 Å². The Kier molecular flexibility index (Phi) is 9.24. The van der Waals surface area contributed by atoms with Gasteiger partial charge in [0, 0.05) is 11.4 Å². The molecule has 0 fully saturated rings. The minimum atomic E-state index is 0.668. The normalized spacial score (nSPS) is 11.8. The van der Waals surface area contributed by atoms with Gasteiger partial charge in [0.15, 0.2) is 5.13 Å². The maximum absolute atomic E-state index is 5.36. The van der Waals surface area contributed by atoms with Crippen LogP contribution < -0.4 is 11.1 Å². The molecule has 0 saturated carbocycles. The summed E-state index contributed by atoms with van der Waals surface area (Å²) in [5, 5.41) is 6.03. The molecule has 0 saturated heterocycles. The standard InChI is InChI=1S/C7H17N.C5H8N2S/c1-4-6-8-7(3)5-2;1-2-4-3-8-5(6)7-4/h7-8H,4-6H2,1-3H3;3H,2H2,1H3,(H2,6,7). The maximum Gasteiger partial charge on any atom is 0.180 e. The first-order valence-electron chi connectivity index (χ1n) is 6.07. The zero-order valence-electron chi connectivity index (χ0n) is 10.9. The second-order valence-corrected chi connectivity index (χ2v) is 4.68. The summed E-state index contributed by atoms with van der Waals surface area (Å²) in [5.41, 5.74) is 6.45. The number of rotatable bonds is 5. The van der Waals surface area contributed by atoms with Crippen LogP contribution in [-0.4, -0.2) is 17.6 Å². The van der Waals surface area contributed by atoms with Gasteiger partial charge in [0.1, 0.15) is 0 Å². The summed E-state index contributed by atoms with van der Waals surface area (Å²) >= 11 is 1.50. The van der Waals surface area contributed by atoms with Crippen LogP contribution >= 0.6 is 11.3 Å². The molecule has 1 unspecified atom stereocenters. The monoisotopic (exact) mass is 243 g/mol. The van der Waals surface area contributed by atoms with E-state index in [0.29, 0.717) is 11.2 Å². The number of anilines is 1. The third-order valence-electron chi connectivity index (χ3n) is 2.29. The Morgan fingerprint density at radius 3 is 2.44 bits per heavy atom. The van der Waals surface area contributed by atoms with Crippen LogP contribution in [0.15, 0.2) is 5.38 Å². The average molecular weight is 243 g/mol. The molecule has 3 nitrogen and oxygen atoms in total. The van der Waals surface area contributed by atoms with Crippen LogP contribution in [0.3, 0.4) is 0 Å². The molecule has 4 heteroatoms. The molecule has 0 bridgehead atoms. The smallest absolute Gasteiger partial charge is 0.180 e. The number of nitrogen functional groups attached to an aromatic ring is 1. The zero-order valence-corrected chi connectivity index (χ0v) is 11.7. The molecule has 1 atom stereocenters. The van der Waals surface area contributed by atoms with Crippen molar-refractivity contribution in [3.63, 3.8) is 0 Å². The minimum absolute atomic E-state index is 0.668. The van der Waals surface area contributed by atoms with Crippen molar-refractivity contribution in [3.05, 3.63) is 11.1 Å². The van der Waals surface area contributed by atoms with Gasteiger partial charge in [0.25, 0.3) is 0 Å². The third kappa shape index (κ3) is 7.65. The van der Waals surface area contributed by atoms with E-state index in [9.17, 15) is 0 Å². The maximum atomic E-state index is 5.36. The van der Waals surface area contributed by atoms with Gasteiger partial charge in [-0.15, -0.1) is 11.3 Å². The molecule has 0 spiro atoms. The molecule has 0 aliphatic carbocycles. The van der Waals surface area contributed by atoms with E-state index in [0.717, 1.165) is 18.7 Å². The Labute approximate surface area is 103 Å². The van der Waals surface area contributed by atoms with Crippen LogP contribution in [0.2, 0.25) is 0 Å². The van der Waals surface area contributed by atoms with E-state index < -0.39 is 0 Å². The number of thiazole rings is 1. The highest BCUT2D eigenvalue weighted by molar-refractivity contribution is 7.13. The summed E-state index contributed by atoms with van der Waals surface area (Å²) in [5.74, 6) is 0. The number of aromatic nitrogens is 1. The summed E-state index contributed by atoms with van der Waals surface area (Å²) in [6.07, 6.45) is 3.46. The van der Waals surface area contributed by atoms with Crippen LogP contribution in [0.25, 0.3) is 0 Å². The van der Waals surface area contributed by atoms with E-state index in [2.05, 4.69) is 38.0 Å². The Morgan fingerprint density at radius 1 is 1.44 bits per heavy atom. The first kappa shape index (κ1) is 15.4. The average Bonchev–Trinajstić information content (AvgIpc) is 2.72. The number of aryl methyl sites for hydroxylation is 1. The molecule has 0 aliphatic heterocycles. The number of nitrogens with zero attached hydrogens (tertiary/aromatic N) is 1. The van der Waals surface area contributed by atoms with Gasteiger partial charge in [0.2, 0.25) is 0 Å². The molecule has 1 rings (SSSR count). The van der Waals surface area contributed by atoms with E-state index in [1.807, 2.05) is 5.38 Å². The second-order valence-electron chi connectivity index (χ2n) is 3.79. The first-order chi connectivity index (χ1) is 7.63. The number of nitrogens with two attached hydrogens (primary N) is 1. The zero-order chi connectivity index (χ0) is 12.4. The van der Waals surface area contributed by atoms with E-state index in [1.54, 1.807) is 0 Å². The van der Waals surface area contributed by atoms with E-state index in [1.165, 1.54) is 24.2 Å². The highest BCUT2D eigenvalue weighted by Gasteiger charge is 1.92. The van der Waals surface area contributed by atoms with Crippen molar-refractivity contribution >= 4 is 16.5 Å². The van der Waals surface area contributed by atoms with Gasteiger partial charge in [-0.05, 0) is 32.7 Å². The predicted octanol–water partition coefficient (Wildman–Crippen LogP) is 3.07. The quantitative estimate of drug-likeness (QED) is 0.835. The summed E-state index contributed by atoms with van der Waals surface area (Å²) < 4.78 is 0. The molecule has 0 radical (unpaired) electrons. The Bertz CT molecular complexity index is 261. The van der Waals surface area contributed by atoms with Crippen LogP contribution in [0.1, 0.15) is 46.2 Å². The number of hydrogen-bond donors (Lipinski definition) is 2. The molecule has 1 aromatic rings. The molecule has 94 valence electrons. The van der Waals surface area contributed by atoms with Crippen molar-refractivity contribution in [1.82, 2.24) is 10.3 Å². The van der Waals surface area contributed by atoms with E-state index >= 15 is 0 Å². The molecule has 0 aliphatic rings. The Morgan fingerprint density at radius 2 is 2.12 bits per heavy atom. The number of nitrogens with one attached hydrogen (secondary N) is 1. The molecular formula is C12H25N3S. The highest BCUT2D eigenvalue weighted by Crippen LogP contribution is 2.10. The fourth-order valence-corrected chi connectivity index (χ4v) is 1.67. The molecule has 0 aromatic carbocycles. The molecule has 16 heavy (non-hydrogen) atoms. The van der Waals surface area contributed by atoms with Gasteiger partial charge < -0.3 is 11.1 Å². The van der Waals surface area contributed by atoms with Gasteiger partial charge in [-0.3, -0.25) is 0 Å². The molecule has 3 N–H and O–H groups in total. The molecule has 1 aromatic heterocycles. The van der Waals surface area contributed by atoms with E-state index in [-0.39, 0.29) is 0 Å². The molecule has 0 amide bonds. The molecule has 1 heterocycles. The van der Waals surface area contributed by atoms with Crippen molar-refractivity contribution < 1.29 is 0 Å². The van der Waals surface area contributed by atoms with Crippen molar-refractivity contribution in [2.45, 2.75) is 53.0 Å². The SMILES string of the molecule is CCCNC(C)CC.CCc1csc(N)n1. The minimum Gasteiger partial charge on any atom is -0.375 e. The van der Waals surface area contributed by atoms with Gasteiger partial charge in [-0.1, -0.05) is 20.8 Å². The second kappa shape index (κ2) is 9.60. The largest absolute Gasteiger partial charge is 0.375 e. The lowest BCUT2D eigenvalue weighted by Crippen LogP contribution is -2.25. The van der Waals surface area contributed by atoms with Gasteiger partial charge in [-0.2, -0.15) is 0 Å². The highest BCUT2D eigenvalue weighted by atomic mass is 32.1. The predicted molar refractivity (Wildman–Crippen MR) is 74.0 cm³/mol. The van der Waals surface area contributed by atoms with Crippen molar-refractivity contribution in [2.24, 2.45) is 0 Å². The van der Waals surface area contributed by atoms with Crippen LogP contribution in [0, 0.1) is 0 Å². The fourth-order valence-electron chi connectivity index (χ4n) is 1.02. The van der Waals surface area contributed by atoms with Gasteiger partial charge in [-0.25, -0.2) is 4.98 Å². The van der Waals surface area contributed by atoms with Gasteiger partial charge in [0.05, 0.1) is 5.69 Å². The van der Waals surface area contributed by atoms with Gasteiger partial charge >= 0.3 is 0 Å². The van der Waals surface area contributed by atoms with Crippen LogP contribution in [-0.2, 0) is 6.42 Å². The third-order valence-corrected chi connectivity index (χ3v) is 3.01.